The van der Waals surface area contributed by atoms with Crippen molar-refractivity contribution >= 4 is 17.0 Å². The van der Waals surface area contributed by atoms with Gasteiger partial charge in [0, 0.05) is 0 Å². The molecule has 1 fully saturated rings. The summed E-state index contributed by atoms with van der Waals surface area (Å²) in [7, 11) is 0. The summed E-state index contributed by atoms with van der Waals surface area (Å²) in [6.45, 7) is 2.34. The Hall–Kier alpha value is -1.77. The summed E-state index contributed by atoms with van der Waals surface area (Å²) in [5.41, 5.74) is 7.07. The van der Waals surface area contributed by atoms with Crippen LogP contribution in [0.15, 0.2) is 12.7 Å². The number of fused-ring (bicyclic) bond motifs is 1. The Labute approximate surface area is 109 Å². The fraction of sp³-hybridized carbons (Fsp3) is 0.545. The molecule has 2 atom stereocenters. The first-order chi connectivity index (χ1) is 9.28. The van der Waals surface area contributed by atoms with Crippen molar-refractivity contribution < 1.29 is 15.2 Å². The maximum absolute atomic E-state index is 9.14. The zero-order chi connectivity index (χ0) is 13.2. The molecule has 0 aromatic carbocycles. The zero-order valence-electron chi connectivity index (χ0n) is 10.4. The minimum Gasteiger partial charge on any atom is -0.393 e. The van der Waals surface area contributed by atoms with Gasteiger partial charge in [-0.1, -0.05) is 0 Å². The van der Waals surface area contributed by atoms with Crippen molar-refractivity contribution in [1.29, 1.82) is 0 Å². The van der Waals surface area contributed by atoms with Gasteiger partial charge in [-0.25, -0.2) is 15.0 Å². The smallest absolute Gasteiger partial charge is 0.165 e. The molecule has 1 aliphatic heterocycles. The first kappa shape index (κ1) is 12.3. The second-order valence-corrected chi connectivity index (χ2v) is 4.65. The van der Waals surface area contributed by atoms with E-state index in [-0.39, 0.29) is 18.8 Å². The molecule has 2 aromatic heterocycles. The Balaban J connectivity index is 1.80. The van der Waals surface area contributed by atoms with E-state index in [0.29, 0.717) is 23.5 Å². The van der Waals surface area contributed by atoms with E-state index in [1.807, 2.05) is 4.57 Å². The molecule has 0 radical (unpaired) electrons. The highest BCUT2D eigenvalue weighted by Crippen LogP contribution is 2.15. The summed E-state index contributed by atoms with van der Waals surface area (Å²) >= 11 is 0. The fourth-order valence-electron chi connectivity index (χ4n) is 2.34. The number of rotatable bonds is 3. The summed E-state index contributed by atoms with van der Waals surface area (Å²) in [5, 5.41) is 11.3. The van der Waals surface area contributed by atoms with Gasteiger partial charge in [0.1, 0.15) is 37.1 Å². The van der Waals surface area contributed by atoms with Crippen LogP contribution in [0.3, 0.4) is 0 Å². The fourth-order valence-corrected chi connectivity index (χ4v) is 2.34. The number of nitrogens with two attached hydrogens (primary N) is 2. The van der Waals surface area contributed by atoms with Crippen LogP contribution in [0.5, 0.6) is 0 Å². The van der Waals surface area contributed by atoms with Crippen molar-refractivity contribution in [1.82, 2.24) is 19.5 Å². The van der Waals surface area contributed by atoms with Crippen LogP contribution in [-0.2, 0) is 11.3 Å². The van der Waals surface area contributed by atoms with Gasteiger partial charge in [0.25, 0.3) is 0 Å². The van der Waals surface area contributed by atoms with Crippen molar-refractivity contribution in [3.05, 3.63) is 12.7 Å². The number of nitrogen functional groups attached to an aromatic ring is 1. The molecule has 0 unspecified atom stereocenters. The molecule has 19 heavy (non-hydrogen) atoms. The number of quaternary nitrogens is 1. The highest BCUT2D eigenvalue weighted by atomic mass is 16.5. The Morgan fingerprint density at radius 1 is 1.37 bits per heavy atom. The van der Waals surface area contributed by atoms with Gasteiger partial charge in [0.2, 0.25) is 0 Å². The molecule has 0 spiro atoms. The Morgan fingerprint density at radius 3 is 3.05 bits per heavy atom. The molecular weight excluding hydrogens is 248 g/mol. The monoisotopic (exact) mass is 265 g/mol. The van der Waals surface area contributed by atoms with E-state index in [2.05, 4.69) is 20.3 Å². The van der Waals surface area contributed by atoms with E-state index in [1.165, 1.54) is 6.33 Å². The maximum atomic E-state index is 9.14. The molecule has 1 saturated heterocycles. The molecule has 5 N–H and O–H groups in total. The van der Waals surface area contributed by atoms with Crippen LogP contribution in [0.2, 0.25) is 0 Å². The highest BCUT2D eigenvalue weighted by Gasteiger charge is 2.25. The van der Waals surface area contributed by atoms with Crippen molar-refractivity contribution in [2.24, 2.45) is 0 Å². The standard InChI is InChI=1S/C11H16N6O2/c12-10-9-11(15-5-14-10)17(6-16-9)3-7-1-13-2-8(4-18)19-7/h5-8,13,18H,1-4H2,(H2,12,14,15)/p+1/t7-,8+/m1/s1. The zero-order valence-corrected chi connectivity index (χ0v) is 10.4. The third kappa shape index (κ3) is 2.37. The van der Waals surface area contributed by atoms with Crippen LogP contribution in [0, 0.1) is 0 Å². The summed E-state index contributed by atoms with van der Waals surface area (Å²) in [6, 6.07) is 0. The SMILES string of the molecule is Nc1ncnc2c1ncn2C[C@H]1C[NH2+]C[C@@H](CO)O1. The molecule has 8 nitrogen and oxygen atoms in total. The number of imidazole rings is 1. The van der Waals surface area contributed by atoms with Gasteiger partial charge in [-0.3, -0.25) is 0 Å². The minimum atomic E-state index is -0.103. The van der Waals surface area contributed by atoms with Crippen LogP contribution in [0.25, 0.3) is 11.2 Å². The lowest BCUT2D eigenvalue weighted by atomic mass is 10.2. The Kier molecular flexibility index (Phi) is 3.28. The number of ether oxygens (including phenoxy) is 1. The molecule has 8 heteroatoms. The predicted molar refractivity (Wildman–Crippen MR) is 67.1 cm³/mol. The molecular formula is C11H17N6O2+. The first-order valence-electron chi connectivity index (χ1n) is 6.27. The number of nitrogens with zero attached hydrogens (tertiary/aromatic N) is 4. The third-order valence-electron chi connectivity index (χ3n) is 3.28. The summed E-state index contributed by atoms with van der Waals surface area (Å²) in [4.78, 5) is 12.3. The molecule has 1 aliphatic rings. The predicted octanol–water partition coefficient (Wildman–Crippen LogP) is -2.27. The van der Waals surface area contributed by atoms with E-state index in [0.717, 1.165) is 13.1 Å². The van der Waals surface area contributed by atoms with Crippen LogP contribution in [0.1, 0.15) is 0 Å². The van der Waals surface area contributed by atoms with Crippen molar-refractivity contribution in [3.8, 4) is 0 Å². The quantitative estimate of drug-likeness (QED) is 0.576. The lowest BCUT2D eigenvalue weighted by Crippen LogP contribution is -2.91. The molecule has 0 amide bonds. The Bertz CT molecular complexity index is 571. The number of anilines is 1. The molecule has 3 heterocycles. The number of morpholine rings is 1. The normalized spacial score (nSPS) is 23.8. The van der Waals surface area contributed by atoms with Gasteiger partial charge in [-0.2, -0.15) is 0 Å². The largest absolute Gasteiger partial charge is 0.393 e. The van der Waals surface area contributed by atoms with Gasteiger partial charge in [0.15, 0.2) is 11.5 Å². The van der Waals surface area contributed by atoms with Crippen LogP contribution in [0.4, 0.5) is 5.82 Å². The van der Waals surface area contributed by atoms with Crippen LogP contribution >= 0.6 is 0 Å². The number of aliphatic hydroxyl groups is 1. The van der Waals surface area contributed by atoms with E-state index in [4.69, 9.17) is 15.6 Å². The average molecular weight is 265 g/mol. The van der Waals surface area contributed by atoms with E-state index >= 15 is 0 Å². The summed E-state index contributed by atoms with van der Waals surface area (Å²) < 4.78 is 7.69. The van der Waals surface area contributed by atoms with Gasteiger partial charge >= 0.3 is 0 Å². The minimum absolute atomic E-state index is 0.0273. The molecule has 3 rings (SSSR count). The van der Waals surface area contributed by atoms with Gasteiger partial charge in [-0.05, 0) is 0 Å². The molecule has 102 valence electrons. The summed E-state index contributed by atoms with van der Waals surface area (Å²) in [6.07, 6.45) is 3.05. The Morgan fingerprint density at radius 2 is 2.21 bits per heavy atom. The number of hydrogen-bond donors (Lipinski definition) is 3. The third-order valence-corrected chi connectivity index (χ3v) is 3.28. The lowest BCUT2D eigenvalue weighted by Gasteiger charge is -2.27. The topological polar surface area (TPSA) is 116 Å². The van der Waals surface area contributed by atoms with Crippen molar-refractivity contribution in [2.45, 2.75) is 18.8 Å². The van der Waals surface area contributed by atoms with Crippen LogP contribution < -0.4 is 11.1 Å². The first-order valence-corrected chi connectivity index (χ1v) is 6.27. The molecule has 2 aromatic rings. The van der Waals surface area contributed by atoms with Gasteiger partial charge in [0.05, 0.1) is 19.5 Å². The van der Waals surface area contributed by atoms with Crippen molar-refractivity contribution in [3.63, 3.8) is 0 Å². The maximum Gasteiger partial charge on any atom is 0.165 e. The second kappa shape index (κ2) is 5.08. The van der Waals surface area contributed by atoms with Gasteiger partial charge in [-0.15, -0.1) is 0 Å². The number of hydrogen-bond acceptors (Lipinski definition) is 6. The average Bonchev–Trinajstić information content (AvgIpc) is 2.84. The second-order valence-electron chi connectivity index (χ2n) is 4.65. The highest BCUT2D eigenvalue weighted by molar-refractivity contribution is 5.81. The van der Waals surface area contributed by atoms with E-state index in [1.54, 1.807) is 6.33 Å². The molecule has 0 bridgehead atoms. The molecule has 0 saturated carbocycles. The van der Waals surface area contributed by atoms with Crippen LogP contribution in [-0.4, -0.2) is 56.5 Å². The number of aromatic nitrogens is 4. The summed E-state index contributed by atoms with van der Waals surface area (Å²) in [5.74, 6) is 0.383. The van der Waals surface area contributed by atoms with E-state index < -0.39 is 0 Å². The van der Waals surface area contributed by atoms with Gasteiger partial charge < -0.3 is 25.5 Å². The molecule has 0 aliphatic carbocycles. The van der Waals surface area contributed by atoms with E-state index in [9.17, 15) is 0 Å². The van der Waals surface area contributed by atoms with Crippen molar-refractivity contribution in [2.75, 3.05) is 25.4 Å². The lowest BCUT2D eigenvalue weighted by molar-refractivity contribution is -0.685. The number of aliphatic hydroxyl groups excluding tert-OH is 1.